The van der Waals surface area contributed by atoms with E-state index in [0.717, 1.165) is 0 Å². The summed E-state index contributed by atoms with van der Waals surface area (Å²) in [6.07, 6.45) is -1.55. The Morgan fingerprint density at radius 1 is 1.17 bits per heavy atom. The zero-order valence-electron chi connectivity index (χ0n) is 11.3. The molecule has 0 aromatic carbocycles. The summed E-state index contributed by atoms with van der Waals surface area (Å²) < 4.78 is 22.1. The monoisotopic (exact) mass is 262 g/mol. The normalized spacial score (nSPS) is 40.0. The van der Waals surface area contributed by atoms with Gasteiger partial charge in [-0.3, -0.25) is 0 Å². The third-order valence-electron chi connectivity index (χ3n) is 3.30. The van der Waals surface area contributed by atoms with Gasteiger partial charge in [0.15, 0.2) is 11.6 Å². The maximum atomic E-state index is 10.4. The average Bonchev–Trinajstić information content (AvgIpc) is 2.78. The maximum absolute atomic E-state index is 10.4. The Labute approximate surface area is 107 Å². The molecule has 2 aliphatic rings. The van der Waals surface area contributed by atoms with Crippen molar-refractivity contribution in [2.24, 2.45) is 0 Å². The summed E-state index contributed by atoms with van der Waals surface area (Å²) in [4.78, 5) is 0. The molecule has 2 fully saturated rings. The summed E-state index contributed by atoms with van der Waals surface area (Å²) in [5, 5.41) is 19.9. The van der Waals surface area contributed by atoms with E-state index < -0.39 is 29.4 Å². The zero-order chi connectivity index (χ0) is 13.6. The number of aliphatic hydroxyl groups excluding tert-OH is 2. The van der Waals surface area contributed by atoms with Crippen molar-refractivity contribution in [2.75, 3.05) is 19.8 Å². The Balaban J connectivity index is 2.10. The Morgan fingerprint density at radius 2 is 1.83 bits per heavy atom. The van der Waals surface area contributed by atoms with Crippen LogP contribution in [0, 0.1) is 0 Å². The Bertz CT molecular complexity index is 316. The zero-order valence-corrected chi connectivity index (χ0v) is 11.3. The fourth-order valence-corrected chi connectivity index (χ4v) is 2.37. The molecule has 0 spiro atoms. The van der Waals surface area contributed by atoms with Crippen LogP contribution in [-0.2, 0) is 18.9 Å². The lowest BCUT2D eigenvalue weighted by Gasteiger charge is -2.34. The van der Waals surface area contributed by atoms with Gasteiger partial charge < -0.3 is 29.2 Å². The van der Waals surface area contributed by atoms with Crippen molar-refractivity contribution in [3.63, 3.8) is 0 Å². The summed E-state index contributed by atoms with van der Waals surface area (Å²) in [6, 6.07) is 0. The largest absolute Gasteiger partial charge is 0.393 e. The minimum atomic E-state index is -1.15. The van der Waals surface area contributed by atoms with Crippen LogP contribution >= 0.6 is 0 Å². The summed E-state index contributed by atoms with van der Waals surface area (Å²) in [7, 11) is 0. The Morgan fingerprint density at radius 3 is 2.22 bits per heavy atom. The summed E-state index contributed by atoms with van der Waals surface area (Å²) >= 11 is 0. The minimum Gasteiger partial charge on any atom is -0.393 e. The lowest BCUT2D eigenvalue weighted by atomic mass is 9.94. The van der Waals surface area contributed by atoms with Crippen molar-refractivity contribution >= 4 is 0 Å². The number of hydrogen-bond donors (Lipinski definition) is 2. The van der Waals surface area contributed by atoms with Gasteiger partial charge in [0, 0.05) is 0 Å². The molecule has 0 amide bonds. The van der Waals surface area contributed by atoms with Gasteiger partial charge in [-0.25, -0.2) is 0 Å². The van der Waals surface area contributed by atoms with Gasteiger partial charge in [0.1, 0.15) is 17.8 Å². The van der Waals surface area contributed by atoms with Gasteiger partial charge in [0.2, 0.25) is 0 Å². The van der Waals surface area contributed by atoms with Crippen LogP contribution in [0.1, 0.15) is 27.7 Å². The van der Waals surface area contributed by atoms with Crippen LogP contribution in [0.2, 0.25) is 0 Å². The highest BCUT2D eigenvalue weighted by Gasteiger charge is 2.54. The van der Waals surface area contributed by atoms with Crippen LogP contribution < -0.4 is 0 Å². The first-order chi connectivity index (χ1) is 8.20. The quantitative estimate of drug-likeness (QED) is 0.746. The first-order valence-electron chi connectivity index (χ1n) is 6.15. The smallest absolute Gasteiger partial charge is 0.164 e. The molecule has 3 atom stereocenters. The molecule has 0 aromatic rings. The molecule has 0 bridgehead atoms. The molecule has 2 N–H and O–H groups in total. The van der Waals surface area contributed by atoms with E-state index in [9.17, 15) is 10.2 Å². The van der Waals surface area contributed by atoms with Crippen LogP contribution in [-0.4, -0.2) is 59.4 Å². The second kappa shape index (κ2) is 4.40. The molecule has 6 nitrogen and oxygen atoms in total. The molecular weight excluding hydrogens is 240 g/mol. The van der Waals surface area contributed by atoms with Crippen molar-refractivity contribution < 1.29 is 29.2 Å². The molecule has 106 valence electrons. The molecule has 0 unspecified atom stereocenters. The van der Waals surface area contributed by atoms with E-state index in [1.165, 1.54) is 0 Å². The van der Waals surface area contributed by atoms with E-state index in [2.05, 4.69) is 0 Å². The average molecular weight is 262 g/mol. The molecule has 6 heteroatoms. The molecule has 2 rings (SSSR count). The number of aliphatic hydroxyl groups is 2. The molecule has 2 heterocycles. The van der Waals surface area contributed by atoms with E-state index in [-0.39, 0.29) is 19.8 Å². The predicted molar refractivity (Wildman–Crippen MR) is 61.8 cm³/mol. The Hall–Kier alpha value is -0.240. The second-order valence-electron chi connectivity index (χ2n) is 5.83. The molecule has 2 saturated heterocycles. The Kier molecular flexibility index (Phi) is 3.46. The molecule has 2 aliphatic heterocycles. The first kappa shape index (κ1) is 14.2. The van der Waals surface area contributed by atoms with Gasteiger partial charge in [0.05, 0.1) is 19.8 Å². The van der Waals surface area contributed by atoms with Gasteiger partial charge in [-0.05, 0) is 27.7 Å². The van der Waals surface area contributed by atoms with E-state index in [4.69, 9.17) is 18.9 Å². The van der Waals surface area contributed by atoms with Crippen molar-refractivity contribution in [1.29, 1.82) is 0 Å². The number of rotatable bonds is 3. The third kappa shape index (κ3) is 2.54. The van der Waals surface area contributed by atoms with Crippen molar-refractivity contribution in [3.8, 4) is 0 Å². The fraction of sp³-hybridized carbons (Fsp3) is 1.00. The van der Waals surface area contributed by atoms with Gasteiger partial charge in [-0.2, -0.15) is 0 Å². The van der Waals surface area contributed by atoms with Gasteiger partial charge in [0.25, 0.3) is 0 Å². The number of ether oxygens (including phenoxy) is 4. The van der Waals surface area contributed by atoms with E-state index >= 15 is 0 Å². The second-order valence-corrected chi connectivity index (χ2v) is 5.83. The standard InChI is InChI=1S/C12H22O6/c1-10(2)15-5-8(17-10)9(14)12(6-13)7-16-11(3,4)18-12/h8-9,13-14H,5-7H2,1-4H3/t8-,9+,12+/m1/s1. The highest BCUT2D eigenvalue weighted by Crippen LogP contribution is 2.37. The summed E-state index contributed by atoms with van der Waals surface area (Å²) in [6.45, 7) is 7.10. The highest BCUT2D eigenvalue weighted by molar-refractivity contribution is 4.98. The molecule has 0 radical (unpaired) electrons. The topological polar surface area (TPSA) is 77.4 Å². The molecule has 0 aliphatic carbocycles. The van der Waals surface area contributed by atoms with E-state index in [1.54, 1.807) is 27.7 Å². The molecular formula is C12H22O6. The summed E-state index contributed by atoms with van der Waals surface area (Å²) in [5.74, 6) is -1.55. The van der Waals surface area contributed by atoms with Crippen LogP contribution in [0.25, 0.3) is 0 Å². The summed E-state index contributed by atoms with van der Waals surface area (Å²) in [5.41, 5.74) is -1.15. The molecule has 0 aromatic heterocycles. The SMILES string of the molecule is CC1(C)OC[C@H]([C@H](O)[C@]2(CO)COC(C)(C)O2)O1. The van der Waals surface area contributed by atoms with E-state index in [1.807, 2.05) is 0 Å². The lowest BCUT2D eigenvalue weighted by molar-refractivity contribution is -0.218. The van der Waals surface area contributed by atoms with E-state index in [0.29, 0.717) is 0 Å². The van der Waals surface area contributed by atoms with Gasteiger partial charge in [-0.15, -0.1) is 0 Å². The minimum absolute atomic E-state index is 0.123. The lowest BCUT2D eigenvalue weighted by Crippen LogP contribution is -2.55. The van der Waals surface area contributed by atoms with Gasteiger partial charge in [-0.1, -0.05) is 0 Å². The van der Waals surface area contributed by atoms with Crippen molar-refractivity contribution in [2.45, 2.75) is 57.1 Å². The van der Waals surface area contributed by atoms with Gasteiger partial charge >= 0.3 is 0 Å². The van der Waals surface area contributed by atoms with Crippen LogP contribution in [0.4, 0.5) is 0 Å². The van der Waals surface area contributed by atoms with Crippen LogP contribution in [0.15, 0.2) is 0 Å². The predicted octanol–water partition coefficient (Wildman–Crippen LogP) is 0.0128. The maximum Gasteiger partial charge on any atom is 0.164 e. The van der Waals surface area contributed by atoms with Crippen molar-refractivity contribution in [3.05, 3.63) is 0 Å². The fourth-order valence-electron chi connectivity index (χ4n) is 2.37. The highest BCUT2D eigenvalue weighted by atomic mass is 16.8. The first-order valence-corrected chi connectivity index (χ1v) is 6.15. The van der Waals surface area contributed by atoms with Crippen LogP contribution in [0.3, 0.4) is 0 Å². The molecule has 18 heavy (non-hydrogen) atoms. The third-order valence-corrected chi connectivity index (χ3v) is 3.30. The number of hydrogen-bond acceptors (Lipinski definition) is 6. The van der Waals surface area contributed by atoms with Crippen LogP contribution in [0.5, 0.6) is 0 Å². The van der Waals surface area contributed by atoms with Crippen molar-refractivity contribution in [1.82, 2.24) is 0 Å². The molecule has 0 saturated carbocycles.